The Morgan fingerprint density at radius 2 is 1.75 bits per heavy atom. The fourth-order valence-electron chi connectivity index (χ4n) is 4.09. The van der Waals surface area contributed by atoms with Crippen molar-refractivity contribution in [1.82, 2.24) is 9.80 Å². The maximum absolute atomic E-state index is 12.6. The van der Waals surface area contributed by atoms with Crippen LogP contribution < -0.4 is 0 Å². The van der Waals surface area contributed by atoms with E-state index in [1.54, 1.807) is 0 Å². The molecule has 0 bridgehead atoms. The summed E-state index contributed by atoms with van der Waals surface area (Å²) in [5, 5.41) is 9.14. The van der Waals surface area contributed by atoms with Gasteiger partial charge in [0.05, 0.1) is 5.92 Å². The van der Waals surface area contributed by atoms with Crippen molar-refractivity contribution in [2.24, 2.45) is 11.8 Å². The number of carboxylic acid groups (broad SMARTS) is 1. The van der Waals surface area contributed by atoms with Gasteiger partial charge in [-0.25, -0.2) is 0 Å². The largest absolute Gasteiger partial charge is 0.481 e. The highest BCUT2D eigenvalue weighted by molar-refractivity contribution is 5.80. The summed E-state index contributed by atoms with van der Waals surface area (Å²) >= 11 is 0. The van der Waals surface area contributed by atoms with Gasteiger partial charge in [0.1, 0.15) is 0 Å². The summed E-state index contributed by atoms with van der Waals surface area (Å²) in [6, 6.07) is 0.548. The van der Waals surface area contributed by atoms with Gasteiger partial charge in [0, 0.05) is 31.6 Å². The quantitative estimate of drug-likeness (QED) is 0.825. The number of rotatable bonds is 2. The SMILES string of the molecule is O=C(O)C1CCCC(C(=O)N2CCN3CCCC3C2)C1. The average molecular weight is 280 g/mol. The second-order valence-corrected chi connectivity index (χ2v) is 6.51. The fraction of sp³-hybridized carbons (Fsp3) is 0.867. The van der Waals surface area contributed by atoms with Crippen molar-refractivity contribution < 1.29 is 14.7 Å². The highest BCUT2D eigenvalue weighted by Gasteiger charge is 2.37. The van der Waals surface area contributed by atoms with Gasteiger partial charge in [-0.2, -0.15) is 0 Å². The molecule has 1 N–H and O–H groups in total. The summed E-state index contributed by atoms with van der Waals surface area (Å²) in [4.78, 5) is 28.2. The maximum Gasteiger partial charge on any atom is 0.306 e. The number of carbonyl (C=O) groups is 2. The van der Waals surface area contributed by atoms with Gasteiger partial charge in [0.2, 0.25) is 5.91 Å². The molecule has 0 aromatic heterocycles. The molecule has 5 nitrogen and oxygen atoms in total. The van der Waals surface area contributed by atoms with Gasteiger partial charge in [0.25, 0.3) is 0 Å². The molecule has 5 heteroatoms. The Labute approximate surface area is 119 Å². The van der Waals surface area contributed by atoms with Crippen molar-refractivity contribution in [1.29, 1.82) is 0 Å². The predicted octanol–water partition coefficient (Wildman–Crippen LogP) is 1.18. The topological polar surface area (TPSA) is 60.9 Å². The molecule has 3 atom stereocenters. The van der Waals surface area contributed by atoms with Crippen molar-refractivity contribution in [3.05, 3.63) is 0 Å². The summed E-state index contributed by atoms with van der Waals surface area (Å²) in [6.07, 6.45) is 5.46. The number of nitrogens with zero attached hydrogens (tertiary/aromatic N) is 2. The summed E-state index contributed by atoms with van der Waals surface area (Å²) in [7, 11) is 0. The first kappa shape index (κ1) is 13.9. The molecule has 0 radical (unpaired) electrons. The van der Waals surface area contributed by atoms with E-state index in [1.165, 1.54) is 19.4 Å². The van der Waals surface area contributed by atoms with Crippen LogP contribution in [0.5, 0.6) is 0 Å². The zero-order valence-corrected chi connectivity index (χ0v) is 12.0. The van der Waals surface area contributed by atoms with Crippen molar-refractivity contribution in [3.8, 4) is 0 Å². The molecular weight excluding hydrogens is 256 g/mol. The van der Waals surface area contributed by atoms with Crippen LogP contribution in [0.3, 0.4) is 0 Å². The molecule has 3 rings (SSSR count). The number of hydrogen-bond donors (Lipinski definition) is 1. The van der Waals surface area contributed by atoms with E-state index in [2.05, 4.69) is 4.90 Å². The first-order valence-corrected chi connectivity index (χ1v) is 7.91. The molecule has 1 aliphatic carbocycles. The minimum absolute atomic E-state index is 0.0576. The van der Waals surface area contributed by atoms with Crippen LogP contribution in [0, 0.1) is 11.8 Å². The molecular formula is C15H24N2O3. The Balaban J connectivity index is 1.59. The third kappa shape index (κ3) is 2.68. The lowest BCUT2D eigenvalue weighted by atomic mass is 9.80. The van der Waals surface area contributed by atoms with Gasteiger partial charge >= 0.3 is 5.97 Å². The van der Waals surface area contributed by atoms with E-state index >= 15 is 0 Å². The van der Waals surface area contributed by atoms with Gasteiger partial charge in [-0.1, -0.05) is 6.42 Å². The van der Waals surface area contributed by atoms with Crippen LogP contribution in [0.2, 0.25) is 0 Å². The van der Waals surface area contributed by atoms with Crippen LogP contribution >= 0.6 is 0 Å². The van der Waals surface area contributed by atoms with Crippen molar-refractivity contribution in [3.63, 3.8) is 0 Å². The standard InChI is InChI=1S/C15H24N2O3/c18-14(11-3-1-4-12(9-11)15(19)20)17-8-7-16-6-2-5-13(16)10-17/h11-13H,1-10H2,(H,19,20). The summed E-state index contributed by atoms with van der Waals surface area (Å²) in [5.41, 5.74) is 0. The zero-order valence-electron chi connectivity index (χ0n) is 12.0. The molecule has 1 amide bonds. The second kappa shape index (κ2) is 5.72. The number of carboxylic acids is 1. The summed E-state index contributed by atoms with van der Waals surface area (Å²) in [6.45, 7) is 3.85. The Bertz CT molecular complexity index is 399. The third-order valence-corrected chi connectivity index (χ3v) is 5.27. The molecule has 112 valence electrons. The fourth-order valence-corrected chi connectivity index (χ4v) is 4.09. The molecule has 0 spiro atoms. The highest BCUT2D eigenvalue weighted by Crippen LogP contribution is 2.31. The second-order valence-electron chi connectivity index (χ2n) is 6.51. The first-order valence-electron chi connectivity index (χ1n) is 7.91. The monoisotopic (exact) mass is 280 g/mol. The Hall–Kier alpha value is -1.10. The lowest BCUT2D eigenvalue weighted by Gasteiger charge is -2.40. The predicted molar refractivity (Wildman–Crippen MR) is 74.3 cm³/mol. The van der Waals surface area contributed by atoms with Gasteiger partial charge in [-0.3, -0.25) is 14.5 Å². The van der Waals surface area contributed by atoms with E-state index in [1.807, 2.05) is 4.90 Å². The summed E-state index contributed by atoms with van der Waals surface area (Å²) < 4.78 is 0. The van der Waals surface area contributed by atoms with Crippen LogP contribution in [0.15, 0.2) is 0 Å². The van der Waals surface area contributed by atoms with Crippen molar-refractivity contribution in [2.45, 2.75) is 44.6 Å². The number of carbonyl (C=O) groups excluding carboxylic acids is 1. The number of amides is 1. The molecule has 2 heterocycles. The third-order valence-electron chi connectivity index (χ3n) is 5.27. The van der Waals surface area contributed by atoms with E-state index in [-0.39, 0.29) is 17.7 Å². The molecule has 1 saturated carbocycles. The minimum atomic E-state index is -0.733. The number of fused-ring (bicyclic) bond motifs is 1. The first-order chi connectivity index (χ1) is 9.65. The van der Waals surface area contributed by atoms with Gasteiger partial charge in [-0.05, 0) is 38.6 Å². The Kier molecular flexibility index (Phi) is 3.96. The molecule has 2 aliphatic heterocycles. The molecule has 0 aromatic carbocycles. The van der Waals surface area contributed by atoms with Crippen LogP contribution in [0.4, 0.5) is 0 Å². The van der Waals surface area contributed by atoms with E-state index in [0.717, 1.165) is 38.9 Å². The molecule has 3 unspecified atom stereocenters. The van der Waals surface area contributed by atoms with E-state index in [9.17, 15) is 9.59 Å². The normalized spacial score (nSPS) is 34.8. The van der Waals surface area contributed by atoms with Crippen molar-refractivity contribution >= 4 is 11.9 Å². The molecule has 20 heavy (non-hydrogen) atoms. The smallest absolute Gasteiger partial charge is 0.306 e. The lowest BCUT2D eigenvalue weighted by Crippen LogP contribution is -2.53. The van der Waals surface area contributed by atoms with Crippen LogP contribution in [-0.2, 0) is 9.59 Å². The van der Waals surface area contributed by atoms with Crippen LogP contribution in [0.25, 0.3) is 0 Å². The maximum atomic E-state index is 12.6. The van der Waals surface area contributed by atoms with E-state index in [4.69, 9.17) is 5.11 Å². The van der Waals surface area contributed by atoms with E-state index in [0.29, 0.717) is 12.5 Å². The van der Waals surface area contributed by atoms with E-state index < -0.39 is 5.97 Å². The Morgan fingerprint density at radius 3 is 2.55 bits per heavy atom. The van der Waals surface area contributed by atoms with Gasteiger partial charge in [-0.15, -0.1) is 0 Å². The molecule has 3 fully saturated rings. The average Bonchev–Trinajstić information content (AvgIpc) is 2.94. The molecule has 2 saturated heterocycles. The molecule has 0 aromatic rings. The minimum Gasteiger partial charge on any atom is -0.481 e. The Morgan fingerprint density at radius 1 is 0.950 bits per heavy atom. The van der Waals surface area contributed by atoms with Crippen molar-refractivity contribution in [2.75, 3.05) is 26.2 Å². The number of aliphatic carboxylic acids is 1. The van der Waals surface area contributed by atoms with Crippen LogP contribution in [-0.4, -0.2) is 59.0 Å². The number of hydrogen-bond acceptors (Lipinski definition) is 3. The zero-order chi connectivity index (χ0) is 14.1. The lowest BCUT2D eigenvalue weighted by molar-refractivity contribution is -0.146. The number of piperazine rings is 1. The van der Waals surface area contributed by atoms with Gasteiger partial charge < -0.3 is 10.0 Å². The van der Waals surface area contributed by atoms with Gasteiger partial charge in [0.15, 0.2) is 0 Å². The molecule has 3 aliphatic rings. The van der Waals surface area contributed by atoms with Crippen LogP contribution in [0.1, 0.15) is 38.5 Å². The summed E-state index contributed by atoms with van der Waals surface area (Å²) in [5.74, 6) is -0.895. The highest BCUT2D eigenvalue weighted by atomic mass is 16.4.